The number of nitrogens with zero attached hydrogens (tertiary/aromatic N) is 1. The Kier molecular flexibility index (Phi) is 4.07. The summed E-state index contributed by atoms with van der Waals surface area (Å²) in [6.07, 6.45) is 2.26. The van der Waals surface area contributed by atoms with E-state index in [1.54, 1.807) is 7.05 Å². The molecular formula is C12H18ClNO2S2. The summed E-state index contributed by atoms with van der Waals surface area (Å²) in [6, 6.07) is 0.0671. The predicted octanol–water partition coefficient (Wildman–Crippen LogP) is 3.21. The van der Waals surface area contributed by atoms with Crippen molar-refractivity contribution in [3.8, 4) is 0 Å². The first-order chi connectivity index (χ1) is 8.39. The Bertz CT molecular complexity index is 534. The Hall–Kier alpha value is -0.100. The molecule has 0 saturated heterocycles. The molecule has 0 aromatic carbocycles. The molecule has 1 heterocycles. The standard InChI is InChI=1S/C12H18ClNO2S2/c1-8-7-17-11(6-13)12(8)18(15,16)14(3)9(2)10-4-5-10/h7,9-10H,4-6H2,1-3H3. The number of hydrogen-bond acceptors (Lipinski definition) is 3. The van der Waals surface area contributed by atoms with Gasteiger partial charge in [-0.2, -0.15) is 4.31 Å². The minimum absolute atomic E-state index is 0.0671. The van der Waals surface area contributed by atoms with Crippen LogP contribution in [0.25, 0.3) is 0 Å². The van der Waals surface area contributed by atoms with Crippen molar-refractivity contribution in [1.29, 1.82) is 0 Å². The van der Waals surface area contributed by atoms with Crippen LogP contribution in [0.1, 0.15) is 30.2 Å². The lowest BCUT2D eigenvalue weighted by molar-refractivity contribution is 0.357. The third kappa shape index (κ3) is 2.46. The zero-order valence-electron chi connectivity index (χ0n) is 10.8. The van der Waals surface area contributed by atoms with Crippen LogP contribution in [0.3, 0.4) is 0 Å². The Balaban J connectivity index is 2.37. The van der Waals surface area contributed by atoms with Crippen LogP contribution in [0.2, 0.25) is 0 Å². The van der Waals surface area contributed by atoms with Gasteiger partial charge < -0.3 is 0 Å². The Morgan fingerprint density at radius 2 is 2.17 bits per heavy atom. The Labute approximate surface area is 118 Å². The lowest BCUT2D eigenvalue weighted by Gasteiger charge is -2.24. The van der Waals surface area contributed by atoms with Gasteiger partial charge in [0.15, 0.2) is 0 Å². The topological polar surface area (TPSA) is 37.4 Å². The molecule has 0 amide bonds. The fraction of sp³-hybridized carbons (Fsp3) is 0.667. The maximum Gasteiger partial charge on any atom is 0.244 e. The van der Waals surface area contributed by atoms with Crippen LogP contribution in [-0.2, 0) is 15.9 Å². The average molecular weight is 308 g/mol. The summed E-state index contributed by atoms with van der Waals surface area (Å²) in [5.41, 5.74) is 0.797. The highest BCUT2D eigenvalue weighted by Gasteiger charge is 2.37. The van der Waals surface area contributed by atoms with Crippen molar-refractivity contribution in [1.82, 2.24) is 4.31 Å². The van der Waals surface area contributed by atoms with Gasteiger partial charge in [0.25, 0.3) is 0 Å². The van der Waals surface area contributed by atoms with Crippen LogP contribution in [0, 0.1) is 12.8 Å². The van der Waals surface area contributed by atoms with Crippen molar-refractivity contribution in [3.63, 3.8) is 0 Å². The molecule has 1 aromatic rings. The molecule has 18 heavy (non-hydrogen) atoms. The van der Waals surface area contributed by atoms with Gasteiger partial charge in [-0.25, -0.2) is 8.42 Å². The molecule has 1 aliphatic rings. The first kappa shape index (κ1) is 14.3. The lowest BCUT2D eigenvalue weighted by Crippen LogP contribution is -2.36. The van der Waals surface area contributed by atoms with Crippen molar-refractivity contribution in [3.05, 3.63) is 15.8 Å². The summed E-state index contributed by atoms with van der Waals surface area (Å²) in [5, 5.41) is 1.86. The molecule has 0 aliphatic heterocycles. The van der Waals surface area contributed by atoms with Gasteiger partial charge in [-0.05, 0) is 43.6 Å². The summed E-state index contributed by atoms with van der Waals surface area (Å²) in [6.45, 7) is 3.81. The summed E-state index contributed by atoms with van der Waals surface area (Å²) in [4.78, 5) is 1.15. The molecule has 1 aromatic heterocycles. The van der Waals surface area contributed by atoms with Gasteiger partial charge in [0.05, 0.1) is 5.88 Å². The van der Waals surface area contributed by atoms with Crippen LogP contribution >= 0.6 is 22.9 Å². The summed E-state index contributed by atoms with van der Waals surface area (Å²) in [5.74, 6) is 0.766. The summed E-state index contributed by atoms with van der Waals surface area (Å²) >= 11 is 7.26. The number of thiophene rings is 1. The number of halogens is 1. The highest BCUT2D eigenvalue weighted by molar-refractivity contribution is 7.89. The monoisotopic (exact) mass is 307 g/mol. The SMILES string of the molecule is Cc1csc(CCl)c1S(=O)(=O)N(C)C(C)C1CC1. The molecule has 1 atom stereocenters. The third-order valence-corrected chi connectivity index (χ3v) is 7.46. The van der Waals surface area contributed by atoms with Crippen molar-refractivity contribution >= 4 is 33.0 Å². The van der Waals surface area contributed by atoms with Crippen molar-refractivity contribution in [2.75, 3.05) is 7.05 Å². The average Bonchev–Trinajstić information content (AvgIpc) is 3.10. The molecule has 102 valence electrons. The van der Waals surface area contributed by atoms with E-state index in [0.29, 0.717) is 10.8 Å². The van der Waals surface area contributed by atoms with E-state index in [0.717, 1.165) is 23.3 Å². The summed E-state index contributed by atoms with van der Waals surface area (Å²) < 4.78 is 26.8. The third-order valence-electron chi connectivity index (χ3n) is 3.63. The van der Waals surface area contributed by atoms with Gasteiger partial charge in [-0.1, -0.05) is 0 Å². The van der Waals surface area contributed by atoms with E-state index in [9.17, 15) is 8.42 Å². The molecule has 0 bridgehead atoms. The predicted molar refractivity (Wildman–Crippen MR) is 75.7 cm³/mol. The smallest absolute Gasteiger partial charge is 0.207 e. The number of rotatable bonds is 5. The fourth-order valence-electron chi connectivity index (χ4n) is 2.16. The lowest BCUT2D eigenvalue weighted by atomic mass is 10.2. The molecular weight excluding hydrogens is 290 g/mol. The first-order valence-corrected chi connectivity index (χ1v) is 8.86. The molecule has 0 radical (unpaired) electrons. The molecule has 2 rings (SSSR count). The maximum atomic E-state index is 12.6. The second-order valence-electron chi connectivity index (χ2n) is 4.90. The zero-order chi connectivity index (χ0) is 13.5. The van der Waals surface area contributed by atoms with E-state index in [4.69, 9.17) is 11.6 Å². The number of aryl methyl sites for hydroxylation is 1. The summed E-state index contributed by atoms with van der Waals surface area (Å²) in [7, 11) is -1.74. The minimum atomic E-state index is -3.41. The van der Waals surface area contributed by atoms with Crippen LogP contribution in [-0.4, -0.2) is 25.8 Å². The van der Waals surface area contributed by atoms with E-state index >= 15 is 0 Å². The Morgan fingerprint density at radius 3 is 2.67 bits per heavy atom. The quantitative estimate of drug-likeness (QED) is 0.783. The van der Waals surface area contributed by atoms with Gasteiger partial charge in [0.1, 0.15) is 4.90 Å². The first-order valence-electron chi connectivity index (χ1n) is 6.00. The van der Waals surface area contributed by atoms with Crippen molar-refractivity contribution < 1.29 is 8.42 Å². The number of alkyl halides is 1. The van der Waals surface area contributed by atoms with Gasteiger partial charge in [-0.15, -0.1) is 22.9 Å². The Morgan fingerprint density at radius 1 is 1.56 bits per heavy atom. The maximum absolute atomic E-state index is 12.6. The molecule has 0 spiro atoms. The van der Waals surface area contributed by atoms with Crippen LogP contribution in [0.4, 0.5) is 0 Å². The molecule has 0 N–H and O–H groups in total. The minimum Gasteiger partial charge on any atom is -0.207 e. The van der Waals surface area contributed by atoms with E-state index in [1.807, 2.05) is 19.2 Å². The highest BCUT2D eigenvalue weighted by atomic mass is 35.5. The van der Waals surface area contributed by atoms with Gasteiger partial charge in [0, 0.05) is 18.0 Å². The second kappa shape index (κ2) is 5.12. The highest BCUT2D eigenvalue weighted by Crippen LogP contribution is 2.38. The zero-order valence-corrected chi connectivity index (χ0v) is 13.2. The van der Waals surface area contributed by atoms with Crippen LogP contribution < -0.4 is 0 Å². The largest absolute Gasteiger partial charge is 0.244 e. The molecule has 1 fully saturated rings. The normalized spacial score (nSPS) is 18.3. The number of hydrogen-bond donors (Lipinski definition) is 0. The van der Waals surface area contributed by atoms with Crippen molar-refractivity contribution in [2.45, 2.75) is 43.5 Å². The fourth-order valence-corrected chi connectivity index (χ4v) is 5.59. The number of sulfonamides is 1. The van der Waals surface area contributed by atoms with Gasteiger partial charge >= 0.3 is 0 Å². The molecule has 3 nitrogen and oxygen atoms in total. The van der Waals surface area contributed by atoms with E-state index in [1.165, 1.54) is 15.6 Å². The van der Waals surface area contributed by atoms with Crippen molar-refractivity contribution in [2.24, 2.45) is 5.92 Å². The van der Waals surface area contributed by atoms with Gasteiger partial charge in [0.2, 0.25) is 10.0 Å². The van der Waals surface area contributed by atoms with E-state index in [-0.39, 0.29) is 11.9 Å². The van der Waals surface area contributed by atoms with E-state index < -0.39 is 10.0 Å². The molecule has 1 aliphatic carbocycles. The van der Waals surface area contributed by atoms with Crippen LogP contribution in [0.5, 0.6) is 0 Å². The van der Waals surface area contributed by atoms with Crippen LogP contribution in [0.15, 0.2) is 10.3 Å². The van der Waals surface area contributed by atoms with E-state index in [2.05, 4.69) is 0 Å². The molecule has 1 saturated carbocycles. The van der Waals surface area contributed by atoms with Gasteiger partial charge in [-0.3, -0.25) is 0 Å². The molecule has 6 heteroatoms. The second-order valence-corrected chi connectivity index (χ2v) is 8.07. The molecule has 1 unspecified atom stereocenters.